The van der Waals surface area contributed by atoms with Crippen molar-refractivity contribution in [3.63, 3.8) is 0 Å². The van der Waals surface area contributed by atoms with Gasteiger partial charge >= 0.3 is 0 Å². The molecule has 0 aromatic heterocycles. The van der Waals surface area contributed by atoms with Gasteiger partial charge in [-0.1, -0.05) is 0 Å². The summed E-state index contributed by atoms with van der Waals surface area (Å²) in [6, 6.07) is -0.411. The molecule has 0 aliphatic heterocycles. The zero-order valence-corrected chi connectivity index (χ0v) is 8.77. The van der Waals surface area contributed by atoms with Crippen molar-refractivity contribution in [3.05, 3.63) is 0 Å². The average molecular weight is 206 g/mol. The van der Waals surface area contributed by atoms with Crippen LogP contribution in [-0.2, 0) is 4.79 Å². The molecule has 0 saturated heterocycles. The molecule has 0 saturated carbocycles. The normalized spacial score (nSPS) is 12.5. The number of thioether (sulfide) groups is 1. The van der Waals surface area contributed by atoms with E-state index in [0.29, 0.717) is 19.4 Å². The Kier molecular flexibility index (Phi) is 8.18. The molecule has 1 atom stereocenters. The predicted octanol–water partition coefficient (Wildman–Crippen LogP) is -0.435. The molecule has 1 amide bonds. The van der Waals surface area contributed by atoms with Gasteiger partial charge in [0.1, 0.15) is 0 Å². The average Bonchev–Trinajstić information content (AvgIpc) is 2.14. The summed E-state index contributed by atoms with van der Waals surface area (Å²) in [4.78, 5) is 11.2. The van der Waals surface area contributed by atoms with E-state index in [1.54, 1.807) is 11.8 Å². The topological polar surface area (TPSA) is 75.4 Å². The first-order valence-corrected chi connectivity index (χ1v) is 5.74. The van der Waals surface area contributed by atoms with E-state index in [4.69, 9.17) is 10.8 Å². The molecule has 4 N–H and O–H groups in total. The van der Waals surface area contributed by atoms with Crippen LogP contribution >= 0.6 is 11.8 Å². The van der Waals surface area contributed by atoms with Crippen LogP contribution in [0.3, 0.4) is 0 Å². The number of aliphatic hydroxyl groups is 1. The van der Waals surface area contributed by atoms with Crippen LogP contribution in [0.1, 0.15) is 12.8 Å². The first-order valence-electron chi connectivity index (χ1n) is 4.35. The van der Waals surface area contributed by atoms with Crippen LogP contribution in [0.15, 0.2) is 0 Å². The molecule has 0 aromatic carbocycles. The molecule has 0 unspecified atom stereocenters. The standard InChI is InChI=1S/C8H18N2O2S/c1-13-6-3-7(9)8(12)10-4-2-5-11/h7,11H,2-6,9H2,1H3,(H,10,12)/t7-/m0/s1. The third-order valence-corrected chi connectivity index (χ3v) is 2.25. The first kappa shape index (κ1) is 12.7. The Balaban J connectivity index is 3.45. The van der Waals surface area contributed by atoms with E-state index in [-0.39, 0.29) is 12.5 Å². The lowest BCUT2D eigenvalue weighted by Gasteiger charge is -2.10. The Hall–Kier alpha value is -0.260. The van der Waals surface area contributed by atoms with E-state index in [2.05, 4.69) is 5.32 Å². The van der Waals surface area contributed by atoms with E-state index in [1.165, 1.54) is 0 Å². The Morgan fingerprint density at radius 2 is 2.38 bits per heavy atom. The van der Waals surface area contributed by atoms with Crippen LogP contribution in [0, 0.1) is 0 Å². The summed E-state index contributed by atoms with van der Waals surface area (Å²) in [5, 5.41) is 11.1. The minimum Gasteiger partial charge on any atom is -0.396 e. The molecule has 0 fully saturated rings. The third-order valence-electron chi connectivity index (χ3n) is 1.60. The Bertz CT molecular complexity index is 144. The van der Waals surface area contributed by atoms with Gasteiger partial charge in [-0.3, -0.25) is 4.79 Å². The summed E-state index contributed by atoms with van der Waals surface area (Å²) in [6.07, 6.45) is 3.27. The molecule has 0 radical (unpaired) electrons. The SMILES string of the molecule is CSCC[C@H](N)C(=O)NCCCO. The lowest BCUT2D eigenvalue weighted by Crippen LogP contribution is -2.41. The number of carbonyl (C=O) groups excluding carboxylic acids is 1. The van der Waals surface area contributed by atoms with Crippen molar-refractivity contribution < 1.29 is 9.90 Å². The van der Waals surface area contributed by atoms with Gasteiger partial charge in [-0.2, -0.15) is 11.8 Å². The maximum absolute atomic E-state index is 11.2. The summed E-state index contributed by atoms with van der Waals surface area (Å²) >= 11 is 1.68. The van der Waals surface area contributed by atoms with Gasteiger partial charge in [-0.15, -0.1) is 0 Å². The van der Waals surface area contributed by atoms with Gasteiger partial charge in [-0.25, -0.2) is 0 Å². The molecule has 0 aromatic rings. The van der Waals surface area contributed by atoms with Gasteiger partial charge in [-0.05, 0) is 24.9 Å². The van der Waals surface area contributed by atoms with Crippen molar-refractivity contribution >= 4 is 17.7 Å². The molecule has 0 spiro atoms. The molecular formula is C8H18N2O2S. The van der Waals surface area contributed by atoms with Gasteiger partial charge in [0, 0.05) is 13.2 Å². The highest BCUT2D eigenvalue weighted by molar-refractivity contribution is 7.98. The molecule has 13 heavy (non-hydrogen) atoms. The van der Waals surface area contributed by atoms with Gasteiger partial charge < -0.3 is 16.2 Å². The van der Waals surface area contributed by atoms with Gasteiger partial charge in [0.05, 0.1) is 6.04 Å². The number of amides is 1. The quantitative estimate of drug-likeness (QED) is 0.494. The summed E-state index contributed by atoms with van der Waals surface area (Å²) in [6.45, 7) is 0.600. The molecule has 78 valence electrons. The van der Waals surface area contributed by atoms with Crippen LogP contribution < -0.4 is 11.1 Å². The van der Waals surface area contributed by atoms with Gasteiger partial charge in [0.2, 0.25) is 5.91 Å². The fourth-order valence-electron chi connectivity index (χ4n) is 0.798. The van der Waals surface area contributed by atoms with Crippen LogP contribution in [0.25, 0.3) is 0 Å². The van der Waals surface area contributed by atoms with Crippen molar-refractivity contribution in [3.8, 4) is 0 Å². The maximum Gasteiger partial charge on any atom is 0.236 e. The molecule has 4 nitrogen and oxygen atoms in total. The van der Waals surface area contributed by atoms with Crippen LogP contribution in [0.4, 0.5) is 0 Å². The second-order valence-electron chi connectivity index (χ2n) is 2.76. The van der Waals surface area contributed by atoms with E-state index >= 15 is 0 Å². The maximum atomic E-state index is 11.2. The molecule has 5 heteroatoms. The lowest BCUT2D eigenvalue weighted by atomic mass is 10.2. The van der Waals surface area contributed by atoms with Crippen molar-refractivity contribution in [1.82, 2.24) is 5.32 Å². The number of nitrogens with one attached hydrogen (secondary N) is 1. The largest absolute Gasteiger partial charge is 0.396 e. The van der Waals surface area contributed by atoms with Crippen LogP contribution in [-0.4, -0.2) is 42.2 Å². The Labute approximate surface area is 83.3 Å². The van der Waals surface area contributed by atoms with Crippen LogP contribution in [0.2, 0.25) is 0 Å². The number of hydrogen-bond acceptors (Lipinski definition) is 4. The fraction of sp³-hybridized carbons (Fsp3) is 0.875. The Morgan fingerprint density at radius 1 is 1.69 bits per heavy atom. The van der Waals surface area contributed by atoms with E-state index < -0.39 is 6.04 Å². The highest BCUT2D eigenvalue weighted by atomic mass is 32.2. The minimum absolute atomic E-state index is 0.0975. The molecule has 0 heterocycles. The van der Waals surface area contributed by atoms with E-state index in [0.717, 1.165) is 5.75 Å². The number of nitrogens with two attached hydrogens (primary N) is 1. The van der Waals surface area contributed by atoms with Crippen molar-refractivity contribution in [2.75, 3.05) is 25.2 Å². The van der Waals surface area contributed by atoms with Crippen molar-refractivity contribution in [2.24, 2.45) is 5.73 Å². The van der Waals surface area contributed by atoms with E-state index in [9.17, 15) is 4.79 Å². The zero-order chi connectivity index (χ0) is 10.1. The monoisotopic (exact) mass is 206 g/mol. The second kappa shape index (κ2) is 8.34. The molecule has 0 aliphatic rings. The third kappa shape index (κ3) is 6.86. The predicted molar refractivity (Wildman–Crippen MR) is 55.7 cm³/mol. The zero-order valence-electron chi connectivity index (χ0n) is 7.95. The Morgan fingerprint density at radius 3 is 2.92 bits per heavy atom. The van der Waals surface area contributed by atoms with Gasteiger partial charge in [0.15, 0.2) is 0 Å². The van der Waals surface area contributed by atoms with E-state index in [1.807, 2.05) is 6.26 Å². The highest BCUT2D eigenvalue weighted by Crippen LogP contribution is 1.98. The molecule has 0 rings (SSSR count). The molecule has 0 bridgehead atoms. The number of aliphatic hydroxyl groups excluding tert-OH is 1. The summed E-state index contributed by atoms with van der Waals surface area (Å²) in [7, 11) is 0. The van der Waals surface area contributed by atoms with Gasteiger partial charge in [0.25, 0.3) is 0 Å². The molecular weight excluding hydrogens is 188 g/mol. The number of hydrogen-bond donors (Lipinski definition) is 3. The van der Waals surface area contributed by atoms with Crippen LogP contribution in [0.5, 0.6) is 0 Å². The minimum atomic E-state index is -0.411. The second-order valence-corrected chi connectivity index (χ2v) is 3.74. The summed E-state index contributed by atoms with van der Waals surface area (Å²) in [5.74, 6) is 0.775. The summed E-state index contributed by atoms with van der Waals surface area (Å²) in [5.41, 5.74) is 5.60. The first-order chi connectivity index (χ1) is 6.22. The smallest absolute Gasteiger partial charge is 0.236 e. The number of carbonyl (C=O) groups is 1. The highest BCUT2D eigenvalue weighted by Gasteiger charge is 2.11. The lowest BCUT2D eigenvalue weighted by molar-refractivity contribution is -0.122. The van der Waals surface area contributed by atoms with Crippen molar-refractivity contribution in [1.29, 1.82) is 0 Å². The molecule has 0 aliphatic carbocycles. The fourth-order valence-corrected chi connectivity index (χ4v) is 1.29. The number of rotatable bonds is 7. The summed E-state index contributed by atoms with van der Waals surface area (Å²) < 4.78 is 0. The van der Waals surface area contributed by atoms with Crippen molar-refractivity contribution in [2.45, 2.75) is 18.9 Å².